The number of aryl methyl sites for hydroxylation is 1. The number of guanidine groups is 1. The quantitative estimate of drug-likeness (QED) is 0.610. The highest BCUT2D eigenvalue weighted by Gasteiger charge is 2.35. The molecule has 0 aliphatic carbocycles. The molecule has 0 atom stereocenters. The molecule has 0 bridgehead atoms. The van der Waals surface area contributed by atoms with Crippen molar-refractivity contribution in [1.29, 1.82) is 0 Å². The molecule has 0 aliphatic rings. The van der Waals surface area contributed by atoms with E-state index in [1.807, 2.05) is 0 Å². The number of carbonyl (C=O) groups excluding carboxylic acids is 1. The predicted octanol–water partition coefficient (Wildman–Crippen LogP) is 4.23. The fourth-order valence-corrected chi connectivity index (χ4v) is 3.41. The topological polar surface area (TPSA) is 81.5 Å². The summed E-state index contributed by atoms with van der Waals surface area (Å²) in [6.07, 6.45) is -4.65. The summed E-state index contributed by atoms with van der Waals surface area (Å²) in [5, 5.41) is 0.412. The molecule has 1 amide bonds. The molecule has 0 saturated carbocycles. The van der Waals surface area contributed by atoms with Crippen LogP contribution in [0.4, 0.5) is 13.2 Å². The molecule has 4 nitrogen and oxygen atoms in total. The largest absolute Gasteiger partial charge is 0.417 e. The van der Waals surface area contributed by atoms with Crippen LogP contribution in [-0.4, -0.2) is 11.9 Å². The van der Waals surface area contributed by atoms with E-state index in [0.717, 1.165) is 17.8 Å². The lowest BCUT2D eigenvalue weighted by molar-refractivity contribution is -0.139. The highest BCUT2D eigenvalue weighted by Crippen LogP contribution is 2.41. The molecule has 4 N–H and O–H groups in total. The van der Waals surface area contributed by atoms with E-state index in [1.54, 1.807) is 24.3 Å². The van der Waals surface area contributed by atoms with Gasteiger partial charge in [0.1, 0.15) is 0 Å². The third-order valence-electron chi connectivity index (χ3n) is 3.12. The van der Waals surface area contributed by atoms with Crippen LogP contribution in [0.25, 0.3) is 0 Å². The normalized spacial score (nSPS) is 11.2. The van der Waals surface area contributed by atoms with Crippen LogP contribution in [0.15, 0.2) is 51.2 Å². The van der Waals surface area contributed by atoms with Crippen LogP contribution in [-0.2, 0) is 6.18 Å². The van der Waals surface area contributed by atoms with Crippen molar-refractivity contribution in [3.05, 3.63) is 58.1 Å². The summed E-state index contributed by atoms with van der Waals surface area (Å²) in [6.45, 7) is 1.51. The fraction of sp³-hybridized carbons (Fsp3) is 0.125. The number of hydrogen-bond acceptors (Lipinski definition) is 2. The van der Waals surface area contributed by atoms with Crippen molar-refractivity contribution in [2.75, 3.05) is 0 Å². The molecule has 0 spiro atoms. The Balaban J connectivity index is 2.55. The van der Waals surface area contributed by atoms with Crippen LogP contribution in [0.2, 0.25) is 5.02 Å². The van der Waals surface area contributed by atoms with Gasteiger partial charge in [0, 0.05) is 20.4 Å². The highest BCUT2D eigenvalue weighted by atomic mass is 35.5. The molecule has 0 fully saturated rings. The van der Waals surface area contributed by atoms with Crippen molar-refractivity contribution in [2.45, 2.75) is 22.9 Å². The van der Waals surface area contributed by atoms with Crippen LogP contribution in [0.5, 0.6) is 0 Å². The van der Waals surface area contributed by atoms with Crippen molar-refractivity contribution in [3.63, 3.8) is 0 Å². The van der Waals surface area contributed by atoms with E-state index in [4.69, 9.17) is 23.1 Å². The summed E-state index contributed by atoms with van der Waals surface area (Å²) < 4.78 is 40.3. The minimum Gasteiger partial charge on any atom is -0.370 e. The van der Waals surface area contributed by atoms with Gasteiger partial charge in [-0.15, -0.1) is 0 Å². The Kier molecular flexibility index (Phi) is 5.64. The maximum atomic E-state index is 13.4. The van der Waals surface area contributed by atoms with Gasteiger partial charge in [-0.3, -0.25) is 4.79 Å². The maximum absolute atomic E-state index is 13.4. The Bertz CT molecular complexity index is 849. The van der Waals surface area contributed by atoms with Crippen LogP contribution in [0.1, 0.15) is 21.5 Å². The van der Waals surface area contributed by atoms with Crippen LogP contribution in [0, 0.1) is 6.92 Å². The van der Waals surface area contributed by atoms with E-state index in [0.29, 0.717) is 15.5 Å². The number of amides is 1. The van der Waals surface area contributed by atoms with E-state index >= 15 is 0 Å². The van der Waals surface area contributed by atoms with Gasteiger partial charge in [-0.1, -0.05) is 29.4 Å². The zero-order chi connectivity index (χ0) is 18.8. The Morgan fingerprint density at radius 3 is 2.44 bits per heavy atom. The molecule has 2 aromatic carbocycles. The minimum absolute atomic E-state index is 0.0477. The molecule has 2 aromatic rings. The predicted molar refractivity (Wildman–Crippen MR) is 91.9 cm³/mol. The number of nitrogens with zero attached hydrogens (tertiary/aromatic N) is 1. The molecule has 132 valence electrons. The Hall–Kier alpha value is -2.19. The number of halogens is 4. The van der Waals surface area contributed by atoms with E-state index in [9.17, 15) is 18.0 Å². The SMILES string of the molecule is Cc1cc(Sc2cccc(Cl)c2)c(C(F)(F)F)cc1C(=O)N=C(N)N. The van der Waals surface area contributed by atoms with Gasteiger partial charge in [-0.25, -0.2) is 0 Å². The van der Waals surface area contributed by atoms with Gasteiger partial charge in [0.25, 0.3) is 5.91 Å². The number of benzene rings is 2. The molecular weight excluding hydrogens is 375 g/mol. The van der Waals surface area contributed by atoms with Crippen LogP contribution in [0.3, 0.4) is 0 Å². The number of nitrogens with two attached hydrogens (primary N) is 2. The third-order valence-corrected chi connectivity index (χ3v) is 4.40. The summed E-state index contributed by atoms with van der Waals surface area (Å²) in [6, 6.07) is 8.51. The summed E-state index contributed by atoms with van der Waals surface area (Å²) in [5.41, 5.74) is 9.41. The van der Waals surface area contributed by atoms with Crippen molar-refractivity contribution in [2.24, 2.45) is 16.5 Å². The van der Waals surface area contributed by atoms with Gasteiger partial charge in [0.2, 0.25) is 0 Å². The second kappa shape index (κ2) is 7.37. The second-order valence-corrected chi connectivity index (χ2v) is 6.61. The van der Waals surface area contributed by atoms with Gasteiger partial charge in [-0.2, -0.15) is 18.2 Å². The molecule has 0 unspecified atom stereocenters. The van der Waals surface area contributed by atoms with Gasteiger partial charge < -0.3 is 11.5 Å². The van der Waals surface area contributed by atoms with E-state index in [1.165, 1.54) is 13.0 Å². The Labute approximate surface area is 151 Å². The lowest BCUT2D eigenvalue weighted by Gasteiger charge is -2.15. The van der Waals surface area contributed by atoms with Gasteiger partial charge in [0.05, 0.1) is 5.56 Å². The molecular formula is C16H13ClF3N3OS. The molecule has 2 rings (SSSR count). The second-order valence-electron chi connectivity index (χ2n) is 5.06. The molecule has 0 heterocycles. The third kappa shape index (κ3) is 4.90. The molecule has 0 radical (unpaired) electrons. The fourth-order valence-electron chi connectivity index (χ4n) is 2.05. The number of rotatable bonds is 3. The average molecular weight is 388 g/mol. The van der Waals surface area contributed by atoms with Gasteiger partial charge in [-0.05, 0) is 42.8 Å². The highest BCUT2D eigenvalue weighted by molar-refractivity contribution is 7.99. The number of aliphatic imine (C=N–C) groups is 1. The minimum atomic E-state index is -4.65. The first kappa shape index (κ1) is 19.1. The smallest absolute Gasteiger partial charge is 0.370 e. The van der Waals surface area contributed by atoms with Crippen molar-refractivity contribution < 1.29 is 18.0 Å². The molecule has 9 heteroatoms. The Morgan fingerprint density at radius 2 is 1.88 bits per heavy atom. The zero-order valence-corrected chi connectivity index (χ0v) is 14.5. The first-order valence-electron chi connectivity index (χ1n) is 6.87. The molecule has 0 saturated heterocycles. The summed E-state index contributed by atoms with van der Waals surface area (Å²) in [7, 11) is 0. The van der Waals surface area contributed by atoms with Gasteiger partial charge in [0.15, 0.2) is 5.96 Å². The standard InChI is InChI=1S/C16H13ClF3N3OS/c1-8-5-13(25-10-4-2-3-9(17)6-10)12(16(18,19)20)7-11(8)14(24)23-15(21)22/h2-7H,1H3,(H4,21,22,23,24). The van der Waals surface area contributed by atoms with Crippen molar-refractivity contribution in [3.8, 4) is 0 Å². The molecule has 25 heavy (non-hydrogen) atoms. The van der Waals surface area contributed by atoms with E-state index < -0.39 is 23.6 Å². The lowest BCUT2D eigenvalue weighted by Crippen LogP contribution is -2.24. The lowest BCUT2D eigenvalue weighted by atomic mass is 10.0. The average Bonchev–Trinajstić information content (AvgIpc) is 2.45. The van der Waals surface area contributed by atoms with E-state index in [-0.39, 0.29) is 10.5 Å². The first-order valence-corrected chi connectivity index (χ1v) is 8.06. The molecule has 0 aliphatic heterocycles. The Morgan fingerprint density at radius 1 is 1.20 bits per heavy atom. The maximum Gasteiger partial charge on any atom is 0.417 e. The first-order chi connectivity index (χ1) is 11.6. The van der Waals surface area contributed by atoms with Crippen molar-refractivity contribution >= 4 is 35.2 Å². The van der Waals surface area contributed by atoms with Crippen molar-refractivity contribution in [1.82, 2.24) is 0 Å². The van der Waals surface area contributed by atoms with Gasteiger partial charge >= 0.3 is 6.18 Å². The number of carbonyl (C=O) groups is 1. The summed E-state index contributed by atoms with van der Waals surface area (Å²) >= 11 is 6.77. The monoisotopic (exact) mass is 387 g/mol. The summed E-state index contributed by atoms with van der Waals surface area (Å²) in [5.74, 6) is -1.45. The van der Waals surface area contributed by atoms with Crippen LogP contribution < -0.4 is 11.5 Å². The summed E-state index contributed by atoms with van der Waals surface area (Å²) in [4.78, 5) is 15.7. The van der Waals surface area contributed by atoms with E-state index in [2.05, 4.69) is 4.99 Å². The zero-order valence-electron chi connectivity index (χ0n) is 12.9. The number of alkyl halides is 3. The van der Waals surface area contributed by atoms with Crippen LogP contribution >= 0.6 is 23.4 Å². The molecule has 0 aromatic heterocycles. The number of hydrogen-bond donors (Lipinski definition) is 2.